The fourth-order valence-corrected chi connectivity index (χ4v) is 4.68. The molecule has 1 heterocycles. The number of H-pyrrole nitrogens is 1. The minimum atomic E-state index is -0.00944. The number of nitrogens with zero attached hydrogens (tertiary/aromatic N) is 1. The van der Waals surface area contributed by atoms with E-state index in [1.165, 1.54) is 51.4 Å². The number of anilines is 1. The van der Waals surface area contributed by atoms with Crippen LogP contribution in [0.5, 0.6) is 0 Å². The molecule has 0 unspecified atom stereocenters. The normalized spacial score (nSPS) is 26.9. The lowest BCUT2D eigenvalue weighted by Crippen LogP contribution is -2.43. The van der Waals surface area contributed by atoms with E-state index in [0.29, 0.717) is 6.04 Å². The average molecular weight is 337 g/mol. The Kier molecular flexibility index (Phi) is 3.81. The van der Waals surface area contributed by atoms with E-state index in [2.05, 4.69) is 21.3 Å². The first kappa shape index (κ1) is 15.4. The quantitative estimate of drug-likeness (QED) is 0.870. The number of rotatable bonds is 5. The van der Waals surface area contributed by atoms with Gasteiger partial charge < -0.3 is 10.3 Å². The number of pyridine rings is 1. The molecular formula is C21H27N3O. The maximum Gasteiger partial charge on any atom is 0.255 e. The van der Waals surface area contributed by atoms with Gasteiger partial charge in [0.1, 0.15) is 0 Å². The van der Waals surface area contributed by atoms with Gasteiger partial charge in [-0.1, -0.05) is 0 Å². The molecule has 1 aromatic heterocycles. The van der Waals surface area contributed by atoms with E-state index >= 15 is 0 Å². The van der Waals surface area contributed by atoms with E-state index in [0.717, 1.165) is 34.6 Å². The third-order valence-corrected chi connectivity index (χ3v) is 6.20. The molecule has 3 saturated carbocycles. The minimum Gasteiger partial charge on any atom is -0.382 e. The molecule has 3 aliphatic rings. The molecule has 0 radical (unpaired) electrons. The molecule has 0 aliphatic heterocycles. The Balaban J connectivity index is 1.23. The van der Waals surface area contributed by atoms with Gasteiger partial charge in [0.05, 0.1) is 0 Å². The Morgan fingerprint density at radius 3 is 2.16 bits per heavy atom. The van der Waals surface area contributed by atoms with Crippen molar-refractivity contribution in [1.29, 1.82) is 0 Å². The molecule has 4 nitrogen and oxygen atoms in total. The van der Waals surface area contributed by atoms with Crippen molar-refractivity contribution in [2.24, 2.45) is 0 Å². The monoisotopic (exact) mass is 337 g/mol. The summed E-state index contributed by atoms with van der Waals surface area (Å²) in [6, 6.07) is 11.3. The highest BCUT2D eigenvalue weighted by atomic mass is 16.1. The van der Waals surface area contributed by atoms with Crippen LogP contribution in [0, 0.1) is 0 Å². The van der Waals surface area contributed by atoms with Gasteiger partial charge in [0.25, 0.3) is 5.56 Å². The smallest absolute Gasteiger partial charge is 0.255 e. The first-order valence-electron chi connectivity index (χ1n) is 9.93. The second-order valence-electron chi connectivity index (χ2n) is 8.17. The minimum absolute atomic E-state index is 0.00944. The van der Waals surface area contributed by atoms with Crippen LogP contribution in [0.15, 0.2) is 35.3 Å². The van der Waals surface area contributed by atoms with Crippen molar-refractivity contribution in [2.75, 3.05) is 5.32 Å². The molecule has 0 amide bonds. The molecule has 132 valence electrons. The summed E-state index contributed by atoms with van der Waals surface area (Å²) in [5, 5.41) is 5.49. The Labute approximate surface area is 148 Å². The van der Waals surface area contributed by atoms with Crippen LogP contribution in [0.4, 0.5) is 5.69 Å². The van der Waals surface area contributed by atoms with Crippen molar-refractivity contribution < 1.29 is 0 Å². The number of benzene rings is 1. The molecule has 0 saturated heterocycles. The van der Waals surface area contributed by atoms with Crippen molar-refractivity contribution in [3.05, 3.63) is 40.8 Å². The van der Waals surface area contributed by atoms with Gasteiger partial charge in [-0.2, -0.15) is 0 Å². The predicted molar refractivity (Wildman–Crippen MR) is 102 cm³/mol. The van der Waals surface area contributed by atoms with Gasteiger partial charge in [-0.05, 0) is 81.0 Å². The Hall–Kier alpha value is -1.81. The fourth-order valence-electron chi connectivity index (χ4n) is 4.68. The zero-order chi connectivity index (χ0) is 16.8. The highest BCUT2D eigenvalue weighted by molar-refractivity contribution is 5.84. The van der Waals surface area contributed by atoms with Crippen LogP contribution >= 0.6 is 0 Å². The van der Waals surface area contributed by atoms with Crippen molar-refractivity contribution in [3.63, 3.8) is 0 Å². The lowest BCUT2D eigenvalue weighted by atomic mass is 9.89. The van der Waals surface area contributed by atoms with Gasteiger partial charge in [-0.15, -0.1) is 0 Å². The van der Waals surface area contributed by atoms with Gasteiger partial charge in [0.2, 0.25) is 0 Å². The molecule has 1 aromatic carbocycles. The van der Waals surface area contributed by atoms with E-state index in [-0.39, 0.29) is 5.56 Å². The third kappa shape index (κ3) is 3.20. The summed E-state index contributed by atoms with van der Waals surface area (Å²) in [5.74, 6) is 0. The Bertz CT molecular complexity index is 801. The van der Waals surface area contributed by atoms with Gasteiger partial charge in [0.15, 0.2) is 0 Å². The number of fused-ring (bicyclic) bond motifs is 1. The Morgan fingerprint density at radius 1 is 0.880 bits per heavy atom. The van der Waals surface area contributed by atoms with E-state index in [1.807, 2.05) is 18.2 Å². The molecule has 4 heteroatoms. The Morgan fingerprint density at radius 2 is 1.52 bits per heavy atom. The lowest BCUT2D eigenvalue weighted by Gasteiger charge is -2.38. The van der Waals surface area contributed by atoms with Crippen LogP contribution in [0.25, 0.3) is 10.8 Å². The van der Waals surface area contributed by atoms with Crippen molar-refractivity contribution in [2.45, 2.75) is 75.5 Å². The second-order valence-corrected chi connectivity index (χ2v) is 8.17. The molecule has 5 rings (SSSR count). The summed E-state index contributed by atoms with van der Waals surface area (Å²) in [4.78, 5) is 17.4. The predicted octanol–water partition coefficient (Wildman–Crippen LogP) is 3.88. The van der Waals surface area contributed by atoms with Crippen molar-refractivity contribution in [3.8, 4) is 0 Å². The fraction of sp³-hybridized carbons (Fsp3) is 0.571. The summed E-state index contributed by atoms with van der Waals surface area (Å²) >= 11 is 0. The maximum absolute atomic E-state index is 11.8. The number of nitrogens with one attached hydrogen (secondary N) is 2. The van der Waals surface area contributed by atoms with Crippen LogP contribution in [0.2, 0.25) is 0 Å². The summed E-state index contributed by atoms with van der Waals surface area (Å²) in [5.41, 5.74) is 1.13. The first-order valence-corrected chi connectivity index (χ1v) is 9.93. The molecule has 0 atom stereocenters. The van der Waals surface area contributed by atoms with Gasteiger partial charge in [0, 0.05) is 41.4 Å². The van der Waals surface area contributed by atoms with Crippen molar-refractivity contribution >= 4 is 16.5 Å². The zero-order valence-electron chi connectivity index (χ0n) is 14.7. The standard InChI is InChI=1S/C21H27N3O/c25-21-20-10-3-16(13-14(20)11-12-22-21)23-15-1-4-17(5-2-15)24(18-6-7-18)19-8-9-19/h3,10-13,15,17-19,23H,1-2,4-9H2,(H,22,25)/t15-,17+. The van der Waals surface area contributed by atoms with E-state index in [9.17, 15) is 4.79 Å². The molecular weight excluding hydrogens is 310 g/mol. The van der Waals surface area contributed by atoms with Crippen LogP contribution in [0.1, 0.15) is 51.4 Å². The summed E-state index contributed by atoms with van der Waals surface area (Å²) in [6.07, 6.45) is 12.6. The molecule has 2 N–H and O–H groups in total. The zero-order valence-corrected chi connectivity index (χ0v) is 14.7. The maximum atomic E-state index is 11.8. The van der Waals surface area contributed by atoms with Crippen molar-refractivity contribution in [1.82, 2.24) is 9.88 Å². The SMILES string of the molecule is O=c1[nH]ccc2cc(N[C@H]3CC[C@@H](N(C4CC4)C4CC4)CC3)ccc12. The van der Waals surface area contributed by atoms with Gasteiger partial charge >= 0.3 is 0 Å². The summed E-state index contributed by atoms with van der Waals surface area (Å²) < 4.78 is 0. The molecule has 0 bridgehead atoms. The second kappa shape index (κ2) is 6.17. The lowest BCUT2D eigenvalue weighted by molar-refractivity contribution is 0.134. The molecule has 25 heavy (non-hydrogen) atoms. The van der Waals surface area contributed by atoms with Crippen LogP contribution in [-0.4, -0.2) is 34.1 Å². The number of hydrogen-bond acceptors (Lipinski definition) is 3. The first-order chi connectivity index (χ1) is 12.3. The average Bonchev–Trinajstić information content (AvgIpc) is 3.52. The summed E-state index contributed by atoms with van der Waals surface area (Å²) in [7, 11) is 0. The molecule has 2 aromatic rings. The number of hydrogen-bond donors (Lipinski definition) is 2. The molecule has 3 fully saturated rings. The highest BCUT2D eigenvalue weighted by Crippen LogP contribution is 2.42. The van der Waals surface area contributed by atoms with Gasteiger partial charge in [-0.25, -0.2) is 0 Å². The largest absolute Gasteiger partial charge is 0.382 e. The highest BCUT2D eigenvalue weighted by Gasteiger charge is 2.43. The molecule has 3 aliphatic carbocycles. The molecule has 0 spiro atoms. The van der Waals surface area contributed by atoms with Gasteiger partial charge in [-0.3, -0.25) is 9.69 Å². The number of aromatic nitrogens is 1. The number of aromatic amines is 1. The third-order valence-electron chi connectivity index (χ3n) is 6.20. The summed E-state index contributed by atoms with van der Waals surface area (Å²) in [6.45, 7) is 0. The van der Waals surface area contributed by atoms with E-state index < -0.39 is 0 Å². The van der Waals surface area contributed by atoms with Crippen LogP contribution < -0.4 is 10.9 Å². The van der Waals surface area contributed by atoms with Crippen LogP contribution in [0.3, 0.4) is 0 Å². The van der Waals surface area contributed by atoms with Crippen LogP contribution in [-0.2, 0) is 0 Å². The topological polar surface area (TPSA) is 48.1 Å². The van der Waals surface area contributed by atoms with E-state index in [4.69, 9.17) is 0 Å². The van der Waals surface area contributed by atoms with E-state index in [1.54, 1.807) is 6.20 Å².